The molecule has 0 aliphatic carbocycles. The summed E-state index contributed by atoms with van der Waals surface area (Å²) in [7, 11) is 3.22. The summed E-state index contributed by atoms with van der Waals surface area (Å²) in [5.41, 5.74) is 0.677. The van der Waals surface area contributed by atoms with Gasteiger partial charge in [0.25, 0.3) is 5.91 Å². The van der Waals surface area contributed by atoms with Crippen molar-refractivity contribution in [1.29, 1.82) is 0 Å². The number of amides is 1. The van der Waals surface area contributed by atoms with Crippen LogP contribution in [0.3, 0.4) is 0 Å². The summed E-state index contributed by atoms with van der Waals surface area (Å²) in [5.74, 6) is 1.20. The van der Waals surface area contributed by atoms with Crippen LogP contribution in [0.4, 0.5) is 5.13 Å². The summed E-state index contributed by atoms with van der Waals surface area (Å²) in [6, 6.07) is 7.13. The Morgan fingerprint density at radius 2 is 2.04 bits per heavy atom. The van der Waals surface area contributed by atoms with E-state index < -0.39 is 0 Å². The molecule has 1 aliphatic rings. The Morgan fingerprint density at radius 1 is 1.25 bits per heavy atom. The van der Waals surface area contributed by atoms with E-state index in [-0.39, 0.29) is 12.0 Å². The van der Waals surface area contributed by atoms with Crippen molar-refractivity contribution < 1.29 is 19.0 Å². The van der Waals surface area contributed by atoms with E-state index in [1.165, 1.54) is 22.7 Å². The molecule has 0 radical (unpaired) electrons. The van der Waals surface area contributed by atoms with Crippen LogP contribution in [0.15, 0.2) is 24.3 Å². The number of benzene rings is 1. The van der Waals surface area contributed by atoms with E-state index in [1.807, 2.05) is 12.1 Å². The maximum Gasteiger partial charge on any atom is 0.270 e. The number of thiazole rings is 1. The molecule has 0 spiro atoms. The highest BCUT2D eigenvalue weighted by Crippen LogP contribution is 2.41. The minimum absolute atomic E-state index is 0.00446. The van der Waals surface area contributed by atoms with Crippen LogP contribution in [-0.4, -0.2) is 44.4 Å². The average molecular weight is 439 g/mol. The predicted molar refractivity (Wildman–Crippen MR) is 113 cm³/mol. The van der Waals surface area contributed by atoms with Crippen molar-refractivity contribution in [2.45, 2.75) is 18.9 Å². The molecule has 1 unspecified atom stereocenters. The molecule has 1 aliphatic heterocycles. The average Bonchev–Trinajstić information content (AvgIpc) is 3.45. The van der Waals surface area contributed by atoms with Crippen molar-refractivity contribution >= 4 is 55.5 Å². The highest BCUT2D eigenvalue weighted by atomic mass is 35.5. The van der Waals surface area contributed by atoms with Crippen LogP contribution in [0.5, 0.6) is 11.5 Å². The van der Waals surface area contributed by atoms with Crippen molar-refractivity contribution in [3.8, 4) is 11.5 Å². The number of halogens is 1. The zero-order chi connectivity index (χ0) is 19.7. The number of carbonyl (C=O) groups is 1. The van der Waals surface area contributed by atoms with Gasteiger partial charge < -0.3 is 14.2 Å². The fourth-order valence-electron chi connectivity index (χ4n) is 3.19. The van der Waals surface area contributed by atoms with Crippen LogP contribution >= 0.6 is 34.3 Å². The van der Waals surface area contributed by atoms with E-state index in [0.717, 1.165) is 24.1 Å². The molecule has 0 saturated carbocycles. The van der Waals surface area contributed by atoms with E-state index in [1.54, 1.807) is 31.3 Å². The lowest BCUT2D eigenvalue weighted by Crippen LogP contribution is -2.37. The molecular formula is C19H19ClN2O4S2. The topological polar surface area (TPSA) is 60.9 Å². The third-order valence-corrected chi connectivity index (χ3v) is 6.88. The summed E-state index contributed by atoms with van der Waals surface area (Å²) in [6.45, 7) is 1.16. The van der Waals surface area contributed by atoms with E-state index in [2.05, 4.69) is 0 Å². The normalized spacial score (nSPS) is 16.5. The molecule has 3 heterocycles. The van der Waals surface area contributed by atoms with Crippen LogP contribution in [0, 0.1) is 0 Å². The molecule has 9 heteroatoms. The van der Waals surface area contributed by atoms with Gasteiger partial charge in [-0.2, -0.15) is 0 Å². The van der Waals surface area contributed by atoms with Gasteiger partial charge in [0, 0.05) is 6.61 Å². The number of hydrogen-bond donors (Lipinski definition) is 0. The van der Waals surface area contributed by atoms with E-state index in [4.69, 9.17) is 30.8 Å². The van der Waals surface area contributed by atoms with Crippen molar-refractivity contribution in [3.05, 3.63) is 33.5 Å². The lowest BCUT2D eigenvalue weighted by atomic mass is 10.2. The predicted octanol–water partition coefficient (Wildman–Crippen LogP) is 4.85. The summed E-state index contributed by atoms with van der Waals surface area (Å²) in [4.78, 5) is 20.2. The fourth-order valence-corrected chi connectivity index (χ4v) is 5.27. The molecule has 1 amide bonds. The van der Waals surface area contributed by atoms with Crippen LogP contribution in [-0.2, 0) is 4.74 Å². The van der Waals surface area contributed by atoms with E-state index in [0.29, 0.717) is 37.9 Å². The number of anilines is 1. The highest BCUT2D eigenvalue weighted by molar-refractivity contribution is 7.23. The van der Waals surface area contributed by atoms with Gasteiger partial charge in [-0.1, -0.05) is 22.9 Å². The maximum atomic E-state index is 13.3. The minimum Gasteiger partial charge on any atom is -0.495 e. The number of methoxy groups -OCH3 is 2. The second kappa shape index (κ2) is 8.24. The largest absolute Gasteiger partial charge is 0.495 e. The summed E-state index contributed by atoms with van der Waals surface area (Å²) < 4.78 is 18.1. The first-order chi connectivity index (χ1) is 13.6. The van der Waals surface area contributed by atoms with Crippen molar-refractivity contribution in [2.24, 2.45) is 0 Å². The number of fused-ring (bicyclic) bond motifs is 1. The van der Waals surface area contributed by atoms with E-state index >= 15 is 0 Å². The molecule has 4 rings (SSSR count). The molecule has 2 aromatic heterocycles. The Labute approximate surface area is 175 Å². The number of rotatable bonds is 6. The number of thiophene rings is 1. The third kappa shape index (κ3) is 3.69. The van der Waals surface area contributed by atoms with Gasteiger partial charge in [-0.3, -0.25) is 9.69 Å². The molecule has 148 valence electrons. The van der Waals surface area contributed by atoms with Gasteiger partial charge in [0.15, 0.2) is 5.13 Å². The molecule has 0 bridgehead atoms. The minimum atomic E-state index is -0.135. The lowest BCUT2D eigenvalue weighted by molar-refractivity contribution is 0.0920. The first kappa shape index (κ1) is 19.4. The zero-order valence-electron chi connectivity index (χ0n) is 15.4. The molecule has 3 aromatic rings. The molecule has 6 nitrogen and oxygen atoms in total. The zero-order valence-corrected chi connectivity index (χ0v) is 17.8. The highest BCUT2D eigenvalue weighted by Gasteiger charge is 2.28. The van der Waals surface area contributed by atoms with Crippen molar-refractivity contribution in [3.63, 3.8) is 0 Å². The number of carbonyl (C=O) groups excluding carboxylic acids is 1. The van der Waals surface area contributed by atoms with Gasteiger partial charge in [-0.25, -0.2) is 4.98 Å². The quantitative estimate of drug-likeness (QED) is 0.550. The van der Waals surface area contributed by atoms with Crippen molar-refractivity contribution in [1.82, 2.24) is 4.98 Å². The Balaban J connectivity index is 1.77. The van der Waals surface area contributed by atoms with Gasteiger partial charge in [0.05, 0.1) is 36.1 Å². The lowest BCUT2D eigenvalue weighted by Gasteiger charge is -2.22. The molecule has 0 N–H and O–H groups in total. The molecule has 1 aromatic carbocycles. The third-order valence-electron chi connectivity index (χ3n) is 4.57. The molecule has 1 fully saturated rings. The smallest absolute Gasteiger partial charge is 0.270 e. The fraction of sp³-hybridized carbons (Fsp3) is 0.368. The van der Waals surface area contributed by atoms with Crippen LogP contribution < -0.4 is 14.4 Å². The van der Waals surface area contributed by atoms with Crippen molar-refractivity contribution in [2.75, 3.05) is 32.3 Å². The first-order valence-corrected chi connectivity index (χ1v) is 10.8. The SMILES string of the molecule is COc1ccc(OC)c2sc(N(CC3CCCO3)C(=O)c3ccc(Cl)s3)nc12. The monoisotopic (exact) mass is 438 g/mol. The summed E-state index contributed by atoms with van der Waals surface area (Å²) in [6.07, 6.45) is 1.92. The summed E-state index contributed by atoms with van der Waals surface area (Å²) in [5, 5.41) is 0.586. The Kier molecular flexibility index (Phi) is 5.73. The van der Waals surface area contributed by atoms with Crippen LogP contribution in [0.2, 0.25) is 4.34 Å². The summed E-state index contributed by atoms with van der Waals surface area (Å²) >= 11 is 8.71. The molecule has 28 heavy (non-hydrogen) atoms. The van der Waals surface area contributed by atoms with Crippen LogP contribution in [0.1, 0.15) is 22.5 Å². The number of aromatic nitrogens is 1. The Morgan fingerprint density at radius 3 is 2.68 bits per heavy atom. The molecular weight excluding hydrogens is 420 g/mol. The Hall–Kier alpha value is -1.87. The Bertz CT molecular complexity index is 956. The second-order valence-corrected chi connectivity index (χ2v) is 8.99. The van der Waals surface area contributed by atoms with Gasteiger partial charge in [0.2, 0.25) is 0 Å². The standard InChI is InChI=1S/C19H19ClN2O4S2/c1-24-12-5-6-13(25-2)17-16(12)21-19(28-17)22(10-11-4-3-9-26-11)18(23)14-7-8-15(20)27-14/h5-8,11H,3-4,9-10H2,1-2H3. The number of ether oxygens (including phenoxy) is 3. The van der Waals surface area contributed by atoms with Gasteiger partial charge >= 0.3 is 0 Å². The van der Waals surface area contributed by atoms with Gasteiger partial charge in [-0.05, 0) is 37.1 Å². The van der Waals surface area contributed by atoms with Crippen LogP contribution in [0.25, 0.3) is 10.2 Å². The first-order valence-electron chi connectivity index (χ1n) is 8.81. The maximum absolute atomic E-state index is 13.3. The van der Waals surface area contributed by atoms with Gasteiger partial charge in [0.1, 0.15) is 21.7 Å². The molecule has 1 atom stereocenters. The van der Waals surface area contributed by atoms with E-state index in [9.17, 15) is 4.79 Å². The number of hydrogen-bond acceptors (Lipinski definition) is 7. The van der Waals surface area contributed by atoms with Gasteiger partial charge in [-0.15, -0.1) is 11.3 Å². The molecule has 1 saturated heterocycles. The second-order valence-electron chi connectivity index (χ2n) is 6.30. The number of nitrogens with zero attached hydrogens (tertiary/aromatic N) is 2.